The molecule has 4 aromatic rings. The highest BCUT2D eigenvalue weighted by Crippen LogP contribution is 2.22. The number of fused-ring (bicyclic) bond motifs is 1. The highest BCUT2D eigenvalue weighted by Gasteiger charge is 2.18. The molecule has 2 heterocycles. The number of hydrogen-bond acceptors (Lipinski definition) is 5. The average Bonchev–Trinajstić information content (AvgIpc) is 3.28. The Bertz CT molecular complexity index is 1070. The minimum absolute atomic E-state index is 0.187. The number of aromatic nitrogens is 4. The summed E-state index contributed by atoms with van der Waals surface area (Å²) in [5, 5.41) is 22.1. The van der Waals surface area contributed by atoms with Gasteiger partial charge in [0.2, 0.25) is 11.0 Å². The number of rotatable bonds is 4. The molecule has 0 saturated heterocycles. The first kappa shape index (κ1) is 15.8. The number of amides is 1. The summed E-state index contributed by atoms with van der Waals surface area (Å²) in [6, 6.07) is 14.5. The van der Waals surface area contributed by atoms with Crippen molar-refractivity contribution in [2.45, 2.75) is 6.54 Å². The van der Waals surface area contributed by atoms with Gasteiger partial charge in [-0.3, -0.25) is 14.5 Å². The van der Waals surface area contributed by atoms with Gasteiger partial charge in [-0.1, -0.05) is 30.3 Å². The molecule has 0 radical (unpaired) electrons. The molecule has 0 atom stereocenters. The zero-order valence-electron chi connectivity index (χ0n) is 13.9. The molecule has 2 aromatic carbocycles. The van der Waals surface area contributed by atoms with E-state index in [1.165, 1.54) is 6.07 Å². The van der Waals surface area contributed by atoms with Crippen LogP contribution in [0.1, 0.15) is 15.9 Å². The molecular formula is C18H15N5O3. The van der Waals surface area contributed by atoms with E-state index in [4.69, 9.17) is 0 Å². The van der Waals surface area contributed by atoms with Crippen molar-refractivity contribution in [2.24, 2.45) is 0 Å². The second-order valence-corrected chi connectivity index (χ2v) is 5.93. The number of hydrogen-bond donors (Lipinski definition) is 1. The first-order valence-corrected chi connectivity index (χ1v) is 7.96. The van der Waals surface area contributed by atoms with Gasteiger partial charge in [0.15, 0.2) is 0 Å². The molecule has 130 valence electrons. The molecule has 0 aliphatic carbocycles. The van der Waals surface area contributed by atoms with E-state index in [1.54, 1.807) is 30.3 Å². The molecule has 0 bridgehead atoms. The molecule has 8 nitrogen and oxygen atoms in total. The second-order valence-electron chi connectivity index (χ2n) is 5.93. The quantitative estimate of drug-likeness (QED) is 0.569. The van der Waals surface area contributed by atoms with E-state index in [9.17, 15) is 10.0 Å². The molecule has 0 saturated carbocycles. The molecule has 26 heavy (non-hydrogen) atoms. The lowest BCUT2D eigenvalue weighted by Gasteiger charge is -2.17. The smallest absolute Gasteiger partial charge is 0.254 e. The lowest BCUT2D eigenvalue weighted by Crippen LogP contribution is -2.26. The van der Waals surface area contributed by atoms with Crippen molar-refractivity contribution in [1.29, 1.82) is 0 Å². The van der Waals surface area contributed by atoms with E-state index in [2.05, 4.69) is 20.0 Å². The summed E-state index contributed by atoms with van der Waals surface area (Å²) < 4.78 is 4.53. The fourth-order valence-electron chi connectivity index (χ4n) is 2.84. The van der Waals surface area contributed by atoms with Crippen molar-refractivity contribution in [3.05, 3.63) is 71.1 Å². The van der Waals surface area contributed by atoms with Crippen LogP contribution in [0.3, 0.4) is 0 Å². The van der Waals surface area contributed by atoms with Crippen LogP contribution in [-0.2, 0) is 6.54 Å². The summed E-state index contributed by atoms with van der Waals surface area (Å²) in [5.74, 6) is -0.187. The lowest BCUT2D eigenvalue weighted by molar-refractivity contribution is -0.782. The third kappa shape index (κ3) is 2.77. The van der Waals surface area contributed by atoms with Crippen molar-refractivity contribution >= 4 is 16.9 Å². The molecule has 0 unspecified atom stereocenters. The van der Waals surface area contributed by atoms with Gasteiger partial charge in [-0.2, -0.15) is 5.10 Å². The molecule has 0 fully saturated rings. The zero-order valence-corrected chi connectivity index (χ0v) is 13.9. The second kappa shape index (κ2) is 6.32. The van der Waals surface area contributed by atoms with E-state index in [1.807, 2.05) is 30.3 Å². The van der Waals surface area contributed by atoms with Gasteiger partial charge in [-0.25, -0.2) is 0 Å². The average molecular weight is 349 g/mol. The molecule has 0 spiro atoms. The van der Waals surface area contributed by atoms with Gasteiger partial charge in [0.1, 0.15) is 0 Å². The predicted octanol–water partition coefficient (Wildman–Crippen LogP) is 2.12. The number of carbonyl (C=O) groups excluding carboxylic acids is 1. The van der Waals surface area contributed by atoms with Crippen LogP contribution < -0.4 is 4.90 Å². The van der Waals surface area contributed by atoms with Gasteiger partial charge in [-0.05, 0) is 22.6 Å². The first-order chi connectivity index (χ1) is 12.6. The lowest BCUT2D eigenvalue weighted by atomic mass is 10.1. The van der Waals surface area contributed by atoms with Crippen molar-refractivity contribution < 1.29 is 14.3 Å². The van der Waals surface area contributed by atoms with Crippen LogP contribution in [0.5, 0.6) is 0 Å². The van der Waals surface area contributed by atoms with Crippen LogP contribution in [0, 0.1) is 5.21 Å². The van der Waals surface area contributed by atoms with E-state index in [0.29, 0.717) is 22.5 Å². The Morgan fingerprint density at radius 2 is 2.08 bits per heavy atom. The van der Waals surface area contributed by atoms with Crippen LogP contribution in [0.2, 0.25) is 0 Å². The van der Waals surface area contributed by atoms with Gasteiger partial charge < -0.3 is 10.1 Å². The summed E-state index contributed by atoms with van der Waals surface area (Å²) in [5.41, 5.74) is 3.85. The Kier molecular flexibility index (Phi) is 3.85. The monoisotopic (exact) mass is 349 g/mol. The third-order valence-corrected chi connectivity index (χ3v) is 4.17. The highest BCUT2D eigenvalue weighted by atomic mass is 16.8. The Hall–Kier alpha value is -3.68. The minimum Gasteiger partial charge on any atom is -0.359 e. The van der Waals surface area contributed by atoms with Gasteiger partial charge >= 0.3 is 0 Å². The molecule has 2 aromatic heterocycles. The maximum Gasteiger partial charge on any atom is 0.254 e. The number of nitrogens with zero attached hydrogens (tertiary/aromatic N) is 4. The van der Waals surface area contributed by atoms with Crippen LogP contribution in [0.4, 0.5) is 0 Å². The van der Waals surface area contributed by atoms with E-state index in [-0.39, 0.29) is 11.4 Å². The molecule has 1 N–H and O–H groups in total. The topological polar surface area (TPSA) is 102 Å². The normalized spacial score (nSPS) is 11.0. The highest BCUT2D eigenvalue weighted by molar-refractivity contribution is 5.96. The SMILES string of the molecule is CN(Cc1cn[nH]c1-c1ccccc1)C(=O)c1ccc2c(c1)no[n+]2[O-]. The largest absolute Gasteiger partial charge is 0.359 e. The van der Waals surface area contributed by atoms with Gasteiger partial charge in [-0.15, -0.1) is 0 Å². The van der Waals surface area contributed by atoms with Crippen molar-refractivity contribution in [3.63, 3.8) is 0 Å². The fraction of sp³-hybridized carbons (Fsp3) is 0.111. The van der Waals surface area contributed by atoms with Crippen LogP contribution in [-0.4, -0.2) is 33.2 Å². The maximum atomic E-state index is 12.7. The molecule has 1 amide bonds. The zero-order chi connectivity index (χ0) is 18.1. The summed E-state index contributed by atoms with van der Waals surface area (Å²) in [7, 11) is 1.71. The fourth-order valence-corrected chi connectivity index (χ4v) is 2.84. The number of H-pyrrole nitrogens is 1. The summed E-state index contributed by atoms with van der Waals surface area (Å²) >= 11 is 0. The number of nitrogens with one attached hydrogen (secondary N) is 1. The van der Waals surface area contributed by atoms with Gasteiger partial charge in [0.05, 0.1) is 11.9 Å². The Balaban J connectivity index is 1.57. The summed E-state index contributed by atoms with van der Waals surface area (Å²) in [4.78, 5) is 14.6. The predicted molar refractivity (Wildman–Crippen MR) is 92.8 cm³/mol. The minimum atomic E-state index is -0.187. The molecule has 8 heteroatoms. The Morgan fingerprint density at radius 1 is 1.27 bits per heavy atom. The van der Waals surface area contributed by atoms with E-state index in [0.717, 1.165) is 16.8 Å². The van der Waals surface area contributed by atoms with Crippen LogP contribution in [0.25, 0.3) is 22.3 Å². The van der Waals surface area contributed by atoms with Crippen molar-refractivity contribution in [1.82, 2.24) is 20.3 Å². The number of carbonyl (C=O) groups is 1. The van der Waals surface area contributed by atoms with Gasteiger partial charge in [0, 0.05) is 35.9 Å². The maximum absolute atomic E-state index is 12.7. The molecule has 0 aliphatic heterocycles. The Labute approximate surface area is 148 Å². The number of aromatic amines is 1. The third-order valence-electron chi connectivity index (χ3n) is 4.17. The van der Waals surface area contributed by atoms with Crippen LogP contribution in [0.15, 0.2) is 59.4 Å². The van der Waals surface area contributed by atoms with Gasteiger partial charge in [0.25, 0.3) is 5.91 Å². The number of benzene rings is 2. The summed E-state index contributed by atoms with van der Waals surface area (Å²) in [6.07, 6.45) is 1.72. The molecular weight excluding hydrogens is 334 g/mol. The summed E-state index contributed by atoms with van der Waals surface area (Å²) in [6.45, 7) is 0.387. The van der Waals surface area contributed by atoms with E-state index >= 15 is 0 Å². The standard InChI is InChI=1S/C18H15N5O3/c1-22(11-14-10-19-20-17(14)12-5-3-2-4-6-12)18(24)13-7-8-16-15(9-13)21-26-23(16)25/h2-10H,11H2,1H3,(H,19,20). The molecule has 0 aliphatic rings. The van der Waals surface area contributed by atoms with Crippen LogP contribution >= 0.6 is 0 Å². The van der Waals surface area contributed by atoms with Crippen molar-refractivity contribution in [3.8, 4) is 11.3 Å². The Morgan fingerprint density at radius 3 is 2.88 bits per heavy atom. The van der Waals surface area contributed by atoms with E-state index < -0.39 is 0 Å². The molecule has 4 rings (SSSR count). The van der Waals surface area contributed by atoms with Crippen molar-refractivity contribution in [2.75, 3.05) is 7.05 Å². The first-order valence-electron chi connectivity index (χ1n) is 7.96.